The van der Waals surface area contributed by atoms with Gasteiger partial charge in [0.05, 0.1) is 21.7 Å². The minimum Gasteiger partial charge on any atom is -0.326 e. The van der Waals surface area contributed by atoms with E-state index in [2.05, 4.69) is 10.2 Å². The van der Waals surface area contributed by atoms with Crippen molar-refractivity contribution in [1.82, 2.24) is 0 Å². The molecule has 0 spiro atoms. The number of non-ortho nitro benzene ring substituents is 1. The number of rotatable bonds is 4. The summed E-state index contributed by atoms with van der Waals surface area (Å²) in [5.41, 5.74) is 6.66. The maximum atomic E-state index is 10.7. The summed E-state index contributed by atoms with van der Waals surface area (Å²) in [4.78, 5) is 10.2. The first-order valence-electron chi connectivity index (χ1n) is 6.43. The fourth-order valence-electron chi connectivity index (χ4n) is 1.91. The summed E-state index contributed by atoms with van der Waals surface area (Å²) in [6, 6.07) is 12.6. The van der Waals surface area contributed by atoms with Crippen molar-refractivity contribution in [2.24, 2.45) is 16.0 Å². The number of hydrogen-bond acceptors (Lipinski definition) is 7. The summed E-state index contributed by atoms with van der Waals surface area (Å²) in [6.45, 7) is 0.125. The van der Waals surface area contributed by atoms with Gasteiger partial charge in [0.15, 0.2) is 0 Å². The highest BCUT2D eigenvalue weighted by atomic mass is 16.6. The highest BCUT2D eigenvalue weighted by molar-refractivity contribution is 5.63. The first-order valence-corrected chi connectivity index (χ1v) is 6.43. The number of nitrogens with zero attached hydrogens (tertiary/aromatic N) is 5. The lowest BCUT2D eigenvalue weighted by Gasteiger charge is -2.04. The van der Waals surface area contributed by atoms with Gasteiger partial charge in [0, 0.05) is 18.7 Å². The molecule has 8 heteroatoms. The molecule has 0 heterocycles. The average molecular weight is 306 g/mol. The highest BCUT2D eigenvalue weighted by Gasteiger charge is 2.12. The van der Waals surface area contributed by atoms with Gasteiger partial charge in [0.25, 0.3) is 5.69 Å². The van der Waals surface area contributed by atoms with Gasteiger partial charge < -0.3 is 5.73 Å². The maximum Gasteiger partial charge on any atom is 0.271 e. The van der Waals surface area contributed by atoms with E-state index in [9.17, 15) is 15.4 Å². The number of nitriles is 2. The van der Waals surface area contributed by atoms with Gasteiger partial charge in [-0.25, -0.2) is 0 Å². The molecule has 0 fully saturated rings. The fraction of sp³-hybridized carbons (Fsp3) is 0.0667. The summed E-state index contributed by atoms with van der Waals surface area (Å²) in [5.74, 6) is 0. The number of nitro groups is 1. The Bertz CT molecular complexity index is 877. The maximum absolute atomic E-state index is 10.7. The molecule has 2 N–H and O–H groups in total. The van der Waals surface area contributed by atoms with Crippen LogP contribution < -0.4 is 5.73 Å². The minimum atomic E-state index is -0.538. The largest absolute Gasteiger partial charge is 0.326 e. The molecule has 112 valence electrons. The predicted octanol–water partition coefficient (Wildman–Crippen LogP) is 3.21. The average Bonchev–Trinajstić information content (AvgIpc) is 2.58. The van der Waals surface area contributed by atoms with E-state index < -0.39 is 4.92 Å². The first kappa shape index (κ1) is 15.8. The van der Waals surface area contributed by atoms with Crippen molar-refractivity contribution in [3.05, 3.63) is 63.2 Å². The summed E-state index contributed by atoms with van der Waals surface area (Å²) in [6.07, 6.45) is 0. The molecule has 0 bridgehead atoms. The zero-order valence-corrected chi connectivity index (χ0v) is 11.8. The van der Waals surface area contributed by atoms with Gasteiger partial charge in [-0.15, -0.1) is 5.11 Å². The van der Waals surface area contributed by atoms with E-state index in [1.54, 1.807) is 12.1 Å². The van der Waals surface area contributed by atoms with Crippen molar-refractivity contribution < 1.29 is 4.92 Å². The summed E-state index contributed by atoms with van der Waals surface area (Å²) in [7, 11) is 0. The summed E-state index contributed by atoms with van der Waals surface area (Å²) < 4.78 is 0. The van der Waals surface area contributed by atoms with E-state index >= 15 is 0 Å². The zero-order chi connectivity index (χ0) is 16.8. The summed E-state index contributed by atoms with van der Waals surface area (Å²) >= 11 is 0. The molecule has 0 aliphatic heterocycles. The van der Waals surface area contributed by atoms with Crippen molar-refractivity contribution in [2.45, 2.75) is 6.54 Å². The molecule has 0 aliphatic carbocycles. The number of nitrogens with two attached hydrogens (primary N) is 1. The normalized spacial score (nSPS) is 10.2. The van der Waals surface area contributed by atoms with Gasteiger partial charge in [-0.1, -0.05) is 12.1 Å². The molecule has 2 aromatic rings. The molecule has 23 heavy (non-hydrogen) atoms. The first-order chi connectivity index (χ1) is 11.1. The van der Waals surface area contributed by atoms with Crippen molar-refractivity contribution in [2.75, 3.05) is 0 Å². The third-order valence-corrected chi connectivity index (χ3v) is 3.03. The van der Waals surface area contributed by atoms with Crippen LogP contribution >= 0.6 is 0 Å². The monoisotopic (exact) mass is 306 g/mol. The van der Waals surface area contributed by atoms with Crippen LogP contribution in [0.15, 0.2) is 46.6 Å². The second kappa shape index (κ2) is 6.89. The highest BCUT2D eigenvalue weighted by Crippen LogP contribution is 2.27. The van der Waals surface area contributed by atoms with Gasteiger partial charge in [0.1, 0.15) is 17.8 Å². The van der Waals surface area contributed by atoms with E-state index in [1.165, 1.54) is 24.3 Å². The van der Waals surface area contributed by atoms with Crippen LogP contribution in [0.3, 0.4) is 0 Å². The molecule has 0 amide bonds. The fourth-order valence-corrected chi connectivity index (χ4v) is 1.91. The molecular formula is C15H10N6O2. The molecular weight excluding hydrogens is 296 g/mol. The Balaban J connectivity index is 2.45. The van der Waals surface area contributed by atoms with E-state index in [0.29, 0.717) is 5.56 Å². The number of nitro benzene ring substituents is 1. The van der Waals surface area contributed by atoms with E-state index in [4.69, 9.17) is 11.0 Å². The Hall–Kier alpha value is -3.62. The molecule has 0 radical (unpaired) electrons. The van der Waals surface area contributed by atoms with E-state index in [1.807, 2.05) is 12.1 Å². The van der Waals surface area contributed by atoms with Crippen LogP contribution in [0.1, 0.15) is 16.7 Å². The second-order valence-electron chi connectivity index (χ2n) is 4.40. The molecule has 0 aliphatic rings. The van der Waals surface area contributed by atoms with Crippen LogP contribution in [0.5, 0.6) is 0 Å². The lowest BCUT2D eigenvalue weighted by atomic mass is 10.0. The molecule has 8 nitrogen and oxygen atoms in total. The van der Waals surface area contributed by atoms with Gasteiger partial charge >= 0.3 is 0 Å². The molecule has 0 unspecified atom stereocenters. The Labute approximate surface area is 131 Å². The smallest absolute Gasteiger partial charge is 0.271 e. The van der Waals surface area contributed by atoms with Crippen molar-refractivity contribution in [1.29, 1.82) is 10.5 Å². The third-order valence-electron chi connectivity index (χ3n) is 3.03. The van der Waals surface area contributed by atoms with Gasteiger partial charge in [-0.3, -0.25) is 10.1 Å². The van der Waals surface area contributed by atoms with Crippen LogP contribution in [-0.4, -0.2) is 4.92 Å². The Morgan fingerprint density at radius 1 is 1.13 bits per heavy atom. The minimum absolute atomic E-state index is 0.0737. The Morgan fingerprint density at radius 2 is 1.87 bits per heavy atom. The molecule has 0 atom stereocenters. The predicted molar refractivity (Wildman–Crippen MR) is 81.0 cm³/mol. The zero-order valence-electron chi connectivity index (χ0n) is 11.8. The van der Waals surface area contributed by atoms with Crippen LogP contribution in [0.25, 0.3) is 0 Å². The number of hydrogen-bond donors (Lipinski definition) is 1. The second-order valence-corrected chi connectivity index (χ2v) is 4.40. The van der Waals surface area contributed by atoms with Gasteiger partial charge in [-0.2, -0.15) is 15.6 Å². The Kier molecular flexibility index (Phi) is 4.72. The van der Waals surface area contributed by atoms with Gasteiger partial charge in [0.2, 0.25) is 0 Å². The molecule has 0 aromatic heterocycles. The SMILES string of the molecule is N#Cc1c(CN)ccc(N=Nc2cccc([N+](=O)[O-])c2)c1C#N. The van der Waals surface area contributed by atoms with E-state index in [-0.39, 0.29) is 34.7 Å². The standard InChI is InChI=1S/C15H10N6O2/c16-7-10-4-5-15(14(9-18)13(10)8-17)20-19-11-2-1-3-12(6-11)21(22)23/h1-6H,7,16H2. The number of benzene rings is 2. The Morgan fingerprint density at radius 3 is 2.48 bits per heavy atom. The van der Waals surface area contributed by atoms with Crippen molar-refractivity contribution >= 4 is 17.1 Å². The summed E-state index contributed by atoms with van der Waals surface area (Å²) in [5, 5.41) is 36.9. The van der Waals surface area contributed by atoms with Crippen LogP contribution in [0, 0.1) is 32.8 Å². The molecule has 2 rings (SSSR count). The quantitative estimate of drug-likeness (QED) is 0.524. The molecule has 2 aromatic carbocycles. The van der Waals surface area contributed by atoms with Crippen molar-refractivity contribution in [3.8, 4) is 12.1 Å². The molecule has 0 saturated carbocycles. The topological polar surface area (TPSA) is 141 Å². The van der Waals surface area contributed by atoms with Gasteiger partial charge in [-0.05, 0) is 17.7 Å². The lowest BCUT2D eigenvalue weighted by Crippen LogP contribution is -2.01. The van der Waals surface area contributed by atoms with Crippen LogP contribution in [-0.2, 0) is 6.54 Å². The van der Waals surface area contributed by atoms with Crippen molar-refractivity contribution in [3.63, 3.8) is 0 Å². The van der Waals surface area contributed by atoms with E-state index in [0.717, 1.165) is 0 Å². The third kappa shape index (κ3) is 3.35. The molecule has 0 saturated heterocycles. The van der Waals surface area contributed by atoms with Crippen LogP contribution in [0.4, 0.5) is 17.1 Å². The lowest BCUT2D eigenvalue weighted by molar-refractivity contribution is -0.384. The number of azo groups is 1. The van der Waals surface area contributed by atoms with Crippen LogP contribution in [0.2, 0.25) is 0 Å².